The largest absolute Gasteiger partial charge is 0.373 e. The van der Waals surface area contributed by atoms with Crippen LogP contribution in [0.15, 0.2) is 40.9 Å². The van der Waals surface area contributed by atoms with Crippen LogP contribution >= 0.6 is 34.5 Å². The van der Waals surface area contributed by atoms with Gasteiger partial charge in [-0.25, -0.2) is 9.71 Å². The van der Waals surface area contributed by atoms with Crippen molar-refractivity contribution in [3.05, 3.63) is 63.3 Å². The number of anilines is 1. The topological polar surface area (TPSA) is 118 Å². The first-order chi connectivity index (χ1) is 21.1. The highest BCUT2D eigenvalue weighted by atomic mass is 35.5. The molecule has 2 saturated heterocycles. The number of fused-ring (bicyclic) bond motifs is 3. The van der Waals surface area contributed by atoms with E-state index >= 15 is 0 Å². The predicted octanol–water partition coefficient (Wildman–Crippen LogP) is 6.39. The Morgan fingerprint density at radius 3 is 2.48 bits per heavy atom. The van der Waals surface area contributed by atoms with E-state index < -0.39 is 16.1 Å². The fraction of sp³-hybridized carbons (Fsp3) is 0.433. The number of carbonyl (C=O) groups is 1. The summed E-state index contributed by atoms with van der Waals surface area (Å²) in [7, 11) is -1.15. The molecule has 2 bridgehead atoms. The van der Waals surface area contributed by atoms with Crippen LogP contribution in [0, 0.1) is 0 Å². The van der Waals surface area contributed by atoms with Gasteiger partial charge in [0.15, 0.2) is 5.13 Å². The first-order valence-electron chi connectivity index (χ1n) is 14.6. The summed E-state index contributed by atoms with van der Waals surface area (Å²) in [5.74, 6) is 0.557. The number of thiazole rings is 1. The molecule has 14 heteroatoms. The molecule has 4 aromatic rings. The van der Waals surface area contributed by atoms with Crippen LogP contribution in [0.3, 0.4) is 0 Å². The van der Waals surface area contributed by atoms with Gasteiger partial charge in [-0.05, 0) is 68.9 Å². The molecule has 3 aliphatic rings. The molecule has 1 saturated carbocycles. The lowest BCUT2D eigenvalue weighted by atomic mass is 10.00. The quantitative estimate of drug-likeness (QED) is 0.217. The molecule has 7 rings (SSSR count). The molecule has 3 fully saturated rings. The minimum atomic E-state index is -3.88. The summed E-state index contributed by atoms with van der Waals surface area (Å²) in [6, 6.07) is 11.1. The van der Waals surface area contributed by atoms with E-state index in [2.05, 4.69) is 14.8 Å². The van der Waals surface area contributed by atoms with Crippen LogP contribution in [0.5, 0.6) is 0 Å². The zero-order valence-corrected chi connectivity index (χ0v) is 27.3. The Labute approximate surface area is 269 Å². The Morgan fingerprint density at radius 2 is 1.82 bits per heavy atom. The molecule has 1 amide bonds. The van der Waals surface area contributed by atoms with Gasteiger partial charge in [0.2, 0.25) is 0 Å². The molecule has 3 atom stereocenters. The first kappa shape index (κ1) is 29.9. The van der Waals surface area contributed by atoms with E-state index in [1.165, 1.54) is 25.4 Å². The summed E-state index contributed by atoms with van der Waals surface area (Å²) < 4.78 is 40.5. The van der Waals surface area contributed by atoms with E-state index in [9.17, 15) is 13.2 Å². The minimum Gasteiger partial charge on any atom is -0.373 e. The highest BCUT2D eigenvalue weighted by molar-refractivity contribution is 7.87. The molecule has 232 valence electrons. The number of halogens is 2. The Bertz CT molecular complexity index is 1820. The number of benzene rings is 2. The van der Waals surface area contributed by atoms with E-state index in [4.69, 9.17) is 37.4 Å². The summed E-state index contributed by atoms with van der Waals surface area (Å²) in [6.07, 6.45) is 6.07. The van der Waals surface area contributed by atoms with Gasteiger partial charge in [0.05, 0.1) is 33.0 Å². The second-order valence-electron chi connectivity index (χ2n) is 11.8. The van der Waals surface area contributed by atoms with Gasteiger partial charge >= 0.3 is 10.2 Å². The number of hydrogen-bond donors (Lipinski definition) is 1. The summed E-state index contributed by atoms with van der Waals surface area (Å²) in [6.45, 7) is 0.381. The van der Waals surface area contributed by atoms with Crippen molar-refractivity contribution in [2.45, 2.75) is 69.2 Å². The molecule has 2 aromatic heterocycles. The molecular formula is C30H31Cl2N5O5S2. The standard InChI is InChI=1S/C30H31Cl2N5O5S2/c1-36(2)44(39,40)35-29(38)17-8-11-24-25(12-17)43-30(33-24)37-18-9-10-19(37)14-20(13-18)41-15-21-27(34-42-28(21)16-6-7-16)26-22(31)4-3-5-23(26)32/h3-5,8,11-12,16,18-20H,6-7,9-10,13-15H2,1-2H3,(H,35,38)/t18-,19?,20?/m0/s1. The fourth-order valence-corrected chi connectivity index (χ4v) is 8.52. The Kier molecular flexibility index (Phi) is 7.87. The van der Waals surface area contributed by atoms with Gasteiger partial charge in [0.25, 0.3) is 5.91 Å². The van der Waals surface area contributed by atoms with E-state index in [-0.39, 0.29) is 23.8 Å². The Morgan fingerprint density at radius 1 is 1.11 bits per heavy atom. The van der Waals surface area contributed by atoms with Crippen molar-refractivity contribution < 1.29 is 22.5 Å². The van der Waals surface area contributed by atoms with Crippen molar-refractivity contribution in [1.29, 1.82) is 0 Å². The number of hydrogen-bond acceptors (Lipinski definition) is 9. The molecule has 0 spiro atoms. The molecule has 1 aliphatic carbocycles. The highest BCUT2D eigenvalue weighted by Gasteiger charge is 2.43. The zero-order valence-electron chi connectivity index (χ0n) is 24.1. The van der Waals surface area contributed by atoms with Crippen molar-refractivity contribution in [3.63, 3.8) is 0 Å². The lowest BCUT2D eigenvalue weighted by Gasteiger charge is -2.38. The number of piperidine rings is 1. The molecule has 44 heavy (non-hydrogen) atoms. The van der Waals surface area contributed by atoms with Gasteiger partial charge in [0.1, 0.15) is 11.5 Å². The summed E-state index contributed by atoms with van der Waals surface area (Å²) in [4.78, 5) is 19.9. The molecule has 10 nitrogen and oxygen atoms in total. The average Bonchev–Trinajstić information content (AvgIpc) is 3.51. The van der Waals surface area contributed by atoms with Gasteiger partial charge in [-0.1, -0.05) is 45.8 Å². The van der Waals surface area contributed by atoms with Gasteiger partial charge < -0.3 is 14.2 Å². The number of aromatic nitrogens is 2. The monoisotopic (exact) mass is 675 g/mol. The molecule has 2 aromatic carbocycles. The number of ether oxygens (including phenoxy) is 1. The van der Waals surface area contributed by atoms with Crippen molar-refractivity contribution in [3.8, 4) is 11.3 Å². The molecule has 2 aliphatic heterocycles. The zero-order chi connectivity index (χ0) is 30.7. The third-order valence-electron chi connectivity index (χ3n) is 8.68. The number of nitrogens with one attached hydrogen (secondary N) is 1. The average molecular weight is 677 g/mol. The highest BCUT2D eigenvalue weighted by Crippen LogP contribution is 2.47. The van der Waals surface area contributed by atoms with Crippen molar-refractivity contribution in [1.82, 2.24) is 19.2 Å². The van der Waals surface area contributed by atoms with Crippen LogP contribution in [-0.2, 0) is 21.6 Å². The minimum absolute atomic E-state index is 0.0728. The predicted molar refractivity (Wildman–Crippen MR) is 171 cm³/mol. The molecule has 4 heterocycles. The Balaban J connectivity index is 1.06. The number of carbonyl (C=O) groups excluding carboxylic acids is 1. The maximum Gasteiger partial charge on any atom is 0.303 e. The van der Waals surface area contributed by atoms with E-state index in [0.717, 1.165) is 69.5 Å². The maximum atomic E-state index is 12.6. The van der Waals surface area contributed by atoms with Gasteiger partial charge in [-0.2, -0.15) is 12.7 Å². The maximum absolute atomic E-state index is 12.6. The second-order valence-corrected chi connectivity index (χ2v) is 15.5. The Hall–Kier alpha value is -2.74. The van der Waals surface area contributed by atoms with E-state index in [1.54, 1.807) is 30.3 Å². The smallest absolute Gasteiger partial charge is 0.303 e. The van der Waals surface area contributed by atoms with Crippen LogP contribution < -0.4 is 9.62 Å². The SMILES string of the molecule is CN(C)S(=O)(=O)NC(=O)c1ccc2nc(N3C4CC[C@H]3CC(OCc3c(-c5c(Cl)cccc5Cl)noc3C3CC3)C4)sc2c1. The van der Waals surface area contributed by atoms with Crippen molar-refractivity contribution in [2.75, 3.05) is 19.0 Å². The summed E-state index contributed by atoms with van der Waals surface area (Å²) >= 11 is 14.6. The van der Waals surface area contributed by atoms with Crippen LogP contribution in [-0.4, -0.2) is 61.1 Å². The molecule has 0 radical (unpaired) electrons. The third kappa shape index (κ3) is 5.60. The number of amides is 1. The number of rotatable bonds is 9. The molecular weight excluding hydrogens is 645 g/mol. The fourth-order valence-electron chi connectivity index (χ4n) is 6.26. The molecule has 1 N–H and O–H groups in total. The van der Waals surface area contributed by atoms with Crippen LogP contribution in [0.25, 0.3) is 21.5 Å². The normalized spacial score (nSPS) is 21.8. The van der Waals surface area contributed by atoms with Crippen molar-refractivity contribution in [2.24, 2.45) is 0 Å². The molecule has 2 unspecified atom stereocenters. The third-order valence-corrected chi connectivity index (χ3v) is 11.7. The van der Waals surface area contributed by atoms with E-state index in [1.807, 2.05) is 6.07 Å². The van der Waals surface area contributed by atoms with Crippen LogP contribution in [0.4, 0.5) is 5.13 Å². The van der Waals surface area contributed by atoms with Crippen molar-refractivity contribution >= 4 is 66.0 Å². The number of nitrogens with zero attached hydrogens (tertiary/aromatic N) is 4. The van der Waals surface area contributed by atoms with E-state index in [0.29, 0.717) is 33.8 Å². The first-order valence-corrected chi connectivity index (χ1v) is 17.6. The van der Waals surface area contributed by atoms with Gasteiger partial charge in [0, 0.05) is 48.8 Å². The van der Waals surface area contributed by atoms with Crippen LogP contribution in [0.1, 0.15) is 66.1 Å². The second kappa shape index (κ2) is 11.6. The summed E-state index contributed by atoms with van der Waals surface area (Å²) in [5.41, 5.74) is 3.31. The lowest BCUT2D eigenvalue weighted by Crippen LogP contribution is -2.45. The van der Waals surface area contributed by atoms with Gasteiger partial charge in [-0.3, -0.25) is 4.79 Å². The lowest BCUT2D eigenvalue weighted by molar-refractivity contribution is 0.0147. The summed E-state index contributed by atoms with van der Waals surface area (Å²) in [5, 5.41) is 6.37. The van der Waals surface area contributed by atoms with Crippen LogP contribution in [0.2, 0.25) is 10.0 Å². The van der Waals surface area contributed by atoms with Gasteiger partial charge in [-0.15, -0.1) is 0 Å².